The molecule has 0 atom stereocenters. The summed E-state index contributed by atoms with van der Waals surface area (Å²) in [5, 5.41) is 0.693. The number of ketones is 1. The van der Waals surface area contributed by atoms with Crippen LogP contribution in [0, 0.1) is 5.92 Å². The Morgan fingerprint density at radius 3 is 2.38 bits per heavy atom. The zero-order valence-electron chi connectivity index (χ0n) is 14.6. The molecule has 4 nitrogen and oxygen atoms in total. The quantitative estimate of drug-likeness (QED) is 0.586. The second kappa shape index (κ2) is 7.00. The molecule has 1 aliphatic rings. The van der Waals surface area contributed by atoms with Gasteiger partial charge in [-0.2, -0.15) is 0 Å². The van der Waals surface area contributed by atoms with Gasteiger partial charge in [-0.3, -0.25) is 14.5 Å². The van der Waals surface area contributed by atoms with Gasteiger partial charge in [0, 0.05) is 11.5 Å². The molecule has 0 saturated heterocycles. The SMILES string of the molecule is CC(=O)c1ccc(N(C(=O)C2CCCC2)c2nc3ccccc3s2)cc1. The van der Waals surface area contributed by atoms with Crippen molar-refractivity contribution in [3.05, 3.63) is 54.1 Å². The van der Waals surface area contributed by atoms with Crippen molar-refractivity contribution in [2.45, 2.75) is 32.6 Å². The third kappa shape index (κ3) is 3.15. The number of carbonyl (C=O) groups is 2. The number of carbonyl (C=O) groups excluding carboxylic acids is 2. The molecule has 5 heteroatoms. The molecule has 26 heavy (non-hydrogen) atoms. The second-order valence-electron chi connectivity index (χ2n) is 6.72. The van der Waals surface area contributed by atoms with E-state index < -0.39 is 0 Å². The van der Waals surface area contributed by atoms with Crippen molar-refractivity contribution in [1.82, 2.24) is 4.98 Å². The minimum atomic E-state index is 0.0187. The summed E-state index contributed by atoms with van der Waals surface area (Å²) in [5.41, 5.74) is 2.31. The fourth-order valence-corrected chi connectivity index (χ4v) is 4.48. The lowest BCUT2D eigenvalue weighted by molar-refractivity contribution is -0.121. The van der Waals surface area contributed by atoms with E-state index in [-0.39, 0.29) is 17.6 Å². The highest BCUT2D eigenvalue weighted by atomic mass is 32.1. The average Bonchev–Trinajstić information content (AvgIpc) is 3.32. The zero-order chi connectivity index (χ0) is 18.1. The number of thiazole rings is 1. The van der Waals surface area contributed by atoms with Crippen LogP contribution in [0.5, 0.6) is 0 Å². The highest BCUT2D eigenvalue weighted by molar-refractivity contribution is 7.22. The van der Waals surface area contributed by atoms with Crippen LogP contribution in [0.2, 0.25) is 0 Å². The predicted molar refractivity (Wildman–Crippen MR) is 105 cm³/mol. The van der Waals surface area contributed by atoms with Gasteiger partial charge in [-0.05, 0) is 56.2 Å². The molecular formula is C21H20N2O2S. The van der Waals surface area contributed by atoms with Crippen LogP contribution in [-0.2, 0) is 4.79 Å². The topological polar surface area (TPSA) is 50.3 Å². The molecule has 132 valence electrons. The number of fused-ring (bicyclic) bond motifs is 1. The number of rotatable bonds is 4. The van der Waals surface area contributed by atoms with Gasteiger partial charge < -0.3 is 0 Å². The van der Waals surface area contributed by atoms with E-state index in [1.165, 1.54) is 11.3 Å². The Morgan fingerprint density at radius 2 is 1.73 bits per heavy atom. The standard InChI is InChI=1S/C21H20N2O2S/c1-14(24)15-10-12-17(13-11-15)23(20(25)16-6-2-3-7-16)21-22-18-8-4-5-9-19(18)26-21/h4-5,8-13,16H,2-3,6-7H2,1H3. The maximum atomic E-state index is 13.3. The molecule has 1 fully saturated rings. The van der Waals surface area contributed by atoms with Gasteiger partial charge in [0.2, 0.25) is 5.91 Å². The molecule has 0 radical (unpaired) electrons. The summed E-state index contributed by atoms with van der Waals surface area (Å²) in [6, 6.07) is 15.2. The average molecular weight is 364 g/mol. The van der Waals surface area contributed by atoms with Crippen LogP contribution in [0.25, 0.3) is 10.2 Å². The maximum Gasteiger partial charge on any atom is 0.236 e. The van der Waals surface area contributed by atoms with Gasteiger partial charge in [-0.25, -0.2) is 4.98 Å². The Morgan fingerprint density at radius 1 is 1.04 bits per heavy atom. The smallest absolute Gasteiger partial charge is 0.236 e. The molecule has 1 saturated carbocycles. The first-order chi connectivity index (χ1) is 12.6. The van der Waals surface area contributed by atoms with Crippen LogP contribution < -0.4 is 4.90 Å². The summed E-state index contributed by atoms with van der Waals surface area (Å²) in [6.45, 7) is 1.55. The number of anilines is 2. The van der Waals surface area contributed by atoms with E-state index in [2.05, 4.69) is 0 Å². The van der Waals surface area contributed by atoms with Crippen molar-refractivity contribution in [2.75, 3.05) is 4.90 Å². The summed E-state index contributed by atoms with van der Waals surface area (Å²) >= 11 is 1.52. The first-order valence-electron chi connectivity index (χ1n) is 8.94. The number of hydrogen-bond donors (Lipinski definition) is 0. The minimum absolute atomic E-state index is 0.0187. The molecule has 1 heterocycles. The van der Waals surface area contributed by atoms with Crippen LogP contribution in [-0.4, -0.2) is 16.7 Å². The number of hydrogen-bond acceptors (Lipinski definition) is 4. The molecule has 0 N–H and O–H groups in total. The Balaban J connectivity index is 1.77. The van der Waals surface area contributed by atoms with E-state index in [1.807, 2.05) is 36.4 Å². The van der Waals surface area contributed by atoms with Gasteiger partial charge >= 0.3 is 0 Å². The van der Waals surface area contributed by atoms with E-state index in [1.54, 1.807) is 24.0 Å². The normalized spacial score (nSPS) is 14.7. The van der Waals surface area contributed by atoms with Crippen LogP contribution >= 0.6 is 11.3 Å². The Hall–Kier alpha value is -2.53. The first-order valence-corrected chi connectivity index (χ1v) is 9.75. The molecule has 0 bridgehead atoms. The third-order valence-electron chi connectivity index (χ3n) is 4.93. The van der Waals surface area contributed by atoms with E-state index in [0.717, 1.165) is 41.6 Å². The maximum absolute atomic E-state index is 13.3. The van der Waals surface area contributed by atoms with Crippen molar-refractivity contribution < 1.29 is 9.59 Å². The van der Waals surface area contributed by atoms with Crippen molar-refractivity contribution in [3.63, 3.8) is 0 Å². The second-order valence-corrected chi connectivity index (χ2v) is 7.73. The number of Topliss-reactive ketones (excluding diaryl/α,β-unsaturated/α-hetero) is 1. The summed E-state index contributed by atoms with van der Waals surface area (Å²) in [6.07, 6.45) is 4.08. The van der Waals surface area contributed by atoms with E-state index in [9.17, 15) is 9.59 Å². The van der Waals surface area contributed by atoms with Gasteiger partial charge in [0.1, 0.15) is 0 Å². The molecular weight excluding hydrogens is 344 g/mol. The Labute approximate surface area is 156 Å². The first kappa shape index (κ1) is 16.9. The largest absolute Gasteiger partial charge is 0.295 e. The van der Waals surface area contributed by atoms with Gasteiger partial charge in [-0.1, -0.05) is 36.3 Å². The molecule has 1 amide bonds. The van der Waals surface area contributed by atoms with Crippen LogP contribution in [0.15, 0.2) is 48.5 Å². The van der Waals surface area contributed by atoms with E-state index in [4.69, 9.17) is 4.98 Å². The van der Waals surface area contributed by atoms with Crippen molar-refractivity contribution in [3.8, 4) is 0 Å². The number of nitrogens with zero attached hydrogens (tertiary/aromatic N) is 2. The predicted octanol–water partition coefficient (Wildman–Crippen LogP) is 5.35. The van der Waals surface area contributed by atoms with E-state index in [0.29, 0.717) is 10.7 Å². The number of aromatic nitrogens is 1. The fraction of sp³-hybridized carbons (Fsp3) is 0.286. The van der Waals surface area contributed by atoms with Crippen LogP contribution in [0.1, 0.15) is 43.0 Å². The summed E-state index contributed by atoms with van der Waals surface area (Å²) in [4.78, 5) is 31.3. The Bertz CT molecular complexity index is 923. The molecule has 0 aliphatic heterocycles. The summed E-state index contributed by atoms with van der Waals surface area (Å²) in [5.74, 6) is 0.178. The van der Waals surface area contributed by atoms with Gasteiger partial charge in [0.25, 0.3) is 0 Å². The minimum Gasteiger partial charge on any atom is -0.295 e. The highest BCUT2D eigenvalue weighted by Gasteiger charge is 2.30. The van der Waals surface area contributed by atoms with Gasteiger partial charge in [0.05, 0.1) is 15.9 Å². The molecule has 0 spiro atoms. The molecule has 1 aromatic heterocycles. The number of benzene rings is 2. The molecule has 3 aromatic rings. The lowest BCUT2D eigenvalue weighted by atomic mass is 10.1. The number of amides is 1. The summed E-state index contributed by atoms with van der Waals surface area (Å²) < 4.78 is 1.06. The van der Waals surface area contributed by atoms with Gasteiger partial charge in [-0.15, -0.1) is 0 Å². The highest BCUT2D eigenvalue weighted by Crippen LogP contribution is 2.37. The summed E-state index contributed by atoms with van der Waals surface area (Å²) in [7, 11) is 0. The van der Waals surface area contributed by atoms with Crippen molar-refractivity contribution in [2.24, 2.45) is 5.92 Å². The molecule has 0 unspecified atom stereocenters. The lowest BCUT2D eigenvalue weighted by Gasteiger charge is -2.23. The van der Waals surface area contributed by atoms with E-state index >= 15 is 0 Å². The van der Waals surface area contributed by atoms with Crippen molar-refractivity contribution in [1.29, 1.82) is 0 Å². The zero-order valence-corrected chi connectivity index (χ0v) is 15.5. The van der Waals surface area contributed by atoms with Crippen molar-refractivity contribution >= 4 is 44.1 Å². The molecule has 2 aromatic carbocycles. The lowest BCUT2D eigenvalue weighted by Crippen LogP contribution is -2.31. The fourth-order valence-electron chi connectivity index (χ4n) is 3.49. The van der Waals surface area contributed by atoms with Gasteiger partial charge in [0.15, 0.2) is 10.9 Å². The van der Waals surface area contributed by atoms with Crippen LogP contribution in [0.3, 0.4) is 0 Å². The Kier molecular flexibility index (Phi) is 4.55. The molecule has 4 rings (SSSR count). The number of para-hydroxylation sites is 1. The van der Waals surface area contributed by atoms with Crippen LogP contribution in [0.4, 0.5) is 10.8 Å². The monoisotopic (exact) mass is 364 g/mol. The third-order valence-corrected chi connectivity index (χ3v) is 5.95. The molecule has 1 aliphatic carbocycles.